The maximum atomic E-state index is 13.9. The Morgan fingerprint density at radius 2 is 1.59 bits per heavy atom. The number of rotatable bonds is 8. The molecule has 3 amide bonds. The molecule has 0 unspecified atom stereocenters. The van der Waals surface area contributed by atoms with Gasteiger partial charge in [-0.05, 0) is 47.9 Å². The average Bonchev–Trinajstić information content (AvgIpc) is 2.90. The molecule has 2 heterocycles. The zero-order valence-corrected chi connectivity index (χ0v) is 20.9. The van der Waals surface area contributed by atoms with Gasteiger partial charge in [0.25, 0.3) is 5.91 Å². The Morgan fingerprint density at radius 3 is 2.22 bits per heavy atom. The van der Waals surface area contributed by atoms with Crippen LogP contribution in [0, 0.1) is 0 Å². The zero-order chi connectivity index (χ0) is 26.5. The largest absolute Gasteiger partial charge is 0.465 e. The van der Waals surface area contributed by atoms with Crippen LogP contribution in [0.1, 0.15) is 29.5 Å². The van der Waals surface area contributed by atoms with Gasteiger partial charge in [0.2, 0.25) is 0 Å². The molecule has 9 nitrogen and oxygen atoms in total. The molecule has 0 saturated carbocycles. The van der Waals surface area contributed by atoms with E-state index in [2.05, 4.69) is 0 Å². The Balaban J connectivity index is 1.72. The van der Waals surface area contributed by atoms with Crippen molar-refractivity contribution in [3.8, 4) is 0 Å². The molecule has 3 N–H and O–H groups in total. The van der Waals surface area contributed by atoms with E-state index >= 15 is 0 Å². The predicted octanol–water partition coefficient (Wildman–Crippen LogP) is 3.18. The Kier molecular flexibility index (Phi) is 8.13. The molecule has 4 rings (SSSR count). The van der Waals surface area contributed by atoms with E-state index in [1.165, 1.54) is 9.80 Å². The summed E-state index contributed by atoms with van der Waals surface area (Å²) in [5, 5.41) is 28.8. The van der Waals surface area contributed by atoms with Crippen molar-refractivity contribution in [2.24, 2.45) is 0 Å². The SMILES string of the molecule is CN(CCc1ccccc1)C(=O)C1=C(c2ccc(CCCO)cc2)C[C@@H]2CN(C(=O)O)C[C@H]1N2C(=O)O. The molecular weight excluding hydrogens is 474 g/mol. The molecule has 2 aliphatic heterocycles. The number of nitrogens with zero attached hydrogens (tertiary/aromatic N) is 3. The number of fused-ring (bicyclic) bond motifs is 2. The van der Waals surface area contributed by atoms with Gasteiger partial charge >= 0.3 is 12.2 Å². The quantitative estimate of drug-likeness (QED) is 0.505. The van der Waals surface area contributed by atoms with Crippen LogP contribution in [0.15, 0.2) is 60.2 Å². The molecule has 196 valence electrons. The molecule has 2 bridgehead atoms. The van der Waals surface area contributed by atoms with Crippen molar-refractivity contribution in [2.45, 2.75) is 37.8 Å². The van der Waals surface area contributed by atoms with Gasteiger partial charge in [-0.25, -0.2) is 9.59 Å². The number of carbonyl (C=O) groups excluding carboxylic acids is 1. The highest BCUT2D eigenvalue weighted by Gasteiger charge is 2.48. The maximum absolute atomic E-state index is 13.9. The van der Waals surface area contributed by atoms with Crippen LogP contribution in [0.4, 0.5) is 9.59 Å². The molecular formula is C28H33N3O6. The molecule has 9 heteroatoms. The van der Waals surface area contributed by atoms with Crippen molar-refractivity contribution in [2.75, 3.05) is 33.3 Å². The molecule has 1 saturated heterocycles. The van der Waals surface area contributed by atoms with Gasteiger partial charge in [-0.3, -0.25) is 9.69 Å². The highest BCUT2D eigenvalue weighted by atomic mass is 16.4. The first-order chi connectivity index (χ1) is 17.8. The molecule has 0 aliphatic carbocycles. The van der Waals surface area contributed by atoms with Crippen molar-refractivity contribution >= 4 is 23.7 Å². The van der Waals surface area contributed by atoms with E-state index in [9.17, 15) is 24.6 Å². The van der Waals surface area contributed by atoms with Gasteiger partial charge in [-0.2, -0.15) is 0 Å². The van der Waals surface area contributed by atoms with Crippen LogP contribution >= 0.6 is 0 Å². The van der Waals surface area contributed by atoms with Crippen LogP contribution in [-0.4, -0.2) is 93.5 Å². The Bertz CT molecular complexity index is 1160. The van der Waals surface area contributed by atoms with Crippen molar-refractivity contribution in [1.82, 2.24) is 14.7 Å². The number of aliphatic hydroxyl groups excluding tert-OH is 1. The Labute approximate surface area is 216 Å². The number of benzene rings is 2. The van der Waals surface area contributed by atoms with Gasteiger partial charge in [0.05, 0.1) is 12.1 Å². The number of amides is 3. The summed E-state index contributed by atoms with van der Waals surface area (Å²) in [7, 11) is 1.70. The van der Waals surface area contributed by atoms with Crippen molar-refractivity contribution in [3.05, 3.63) is 76.9 Å². The van der Waals surface area contributed by atoms with Crippen molar-refractivity contribution in [1.29, 1.82) is 0 Å². The van der Waals surface area contributed by atoms with Crippen molar-refractivity contribution in [3.63, 3.8) is 0 Å². The third kappa shape index (κ3) is 5.77. The van der Waals surface area contributed by atoms with Crippen LogP contribution < -0.4 is 0 Å². The minimum Gasteiger partial charge on any atom is -0.465 e. The average molecular weight is 508 g/mol. The number of hydrogen-bond acceptors (Lipinski definition) is 4. The number of likely N-dealkylation sites (N-methyl/N-ethyl adjacent to an activating group) is 1. The van der Waals surface area contributed by atoms with Gasteiger partial charge in [0, 0.05) is 38.9 Å². The van der Waals surface area contributed by atoms with Gasteiger partial charge in [-0.1, -0.05) is 54.6 Å². The molecule has 0 radical (unpaired) electrons. The third-order valence-corrected chi connectivity index (χ3v) is 7.22. The third-order valence-electron chi connectivity index (χ3n) is 7.22. The fourth-order valence-corrected chi connectivity index (χ4v) is 5.30. The normalized spacial score (nSPS) is 19.1. The summed E-state index contributed by atoms with van der Waals surface area (Å²) < 4.78 is 0. The standard InChI is InChI=1S/C28H33N3O6/c1-29(14-13-19-6-3-2-4-7-19)26(33)25-23(21-11-9-20(10-12-21)8-5-15-32)16-22-17-30(27(34)35)18-24(25)31(22)28(36)37/h2-4,6-7,9-12,22,24,32H,5,8,13-18H2,1H3,(H,34,35)(H,36,37)/t22-,24-/m1/s1. The molecule has 37 heavy (non-hydrogen) atoms. The monoisotopic (exact) mass is 507 g/mol. The summed E-state index contributed by atoms with van der Waals surface area (Å²) in [5.41, 5.74) is 4.08. The highest BCUT2D eigenvalue weighted by molar-refractivity contribution is 6.03. The number of hydrogen-bond donors (Lipinski definition) is 3. The predicted molar refractivity (Wildman–Crippen MR) is 138 cm³/mol. The van der Waals surface area contributed by atoms with Crippen molar-refractivity contribution < 1.29 is 29.7 Å². The molecule has 1 fully saturated rings. The fourth-order valence-electron chi connectivity index (χ4n) is 5.30. The molecule has 0 aromatic heterocycles. The molecule has 2 aromatic rings. The Hall–Kier alpha value is -3.85. The van der Waals surface area contributed by atoms with Crippen LogP contribution in [0.25, 0.3) is 5.57 Å². The lowest BCUT2D eigenvalue weighted by molar-refractivity contribution is -0.127. The fraction of sp³-hybridized carbons (Fsp3) is 0.393. The lowest BCUT2D eigenvalue weighted by atomic mass is 9.81. The smallest absolute Gasteiger partial charge is 0.408 e. The summed E-state index contributed by atoms with van der Waals surface area (Å²) in [5.74, 6) is -0.294. The van der Waals surface area contributed by atoms with Crippen LogP contribution in [0.3, 0.4) is 0 Å². The number of piperazine rings is 1. The summed E-state index contributed by atoms with van der Waals surface area (Å²) in [4.78, 5) is 42.1. The van der Waals surface area contributed by atoms with E-state index in [1.54, 1.807) is 11.9 Å². The molecule has 2 aliphatic rings. The number of aryl methyl sites for hydroxylation is 1. The van der Waals surface area contributed by atoms with Crippen LogP contribution in [-0.2, 0) is 17.6 Å². The van der Waals surface area contributed by atoms with Gasteiger partial charge < -0.3 is 25.1 Å². The first-order valence-corrected chi connectivity index (χ1v) is 12.5. The first-order valence-electron chi connectivity index (χ1n) is 12.5. The number of carbonyl (C=O) groups is 3. The van der Waals surface area contributed by atoms with Crippen LogP contribution in [0.5, 0.6) is 0 Å². The second-order valence-electron chi connectivity index (χ2n) is 9.63. The topological polar surface area (TPSA) is 122 Å². The second kappa shape index (κ2) is 11.5. The van der Waals surface area contributed by atoms with E-state index in [-0.39, 0.29) is 32.0 Å². The lowest BCUT2D eigenvalue weighted by Crippen LogP contribution is -2.64. The van der Waals surface area contributed by atoms with E-state index in [4.69, 9.17) is 5.11 Å². The first kappa shape index (κ1) is 26.2. The molecule has 2 aromatic carbocycles. The number of carboxylic acid groups (broad SMARTS) is 2. The second-order valence-corrected chi connectivity index (χ2v) is 9.63. The summed E-state index contributed by atoms with van der Waals surface area (Å²) in [6.07, 6.45) is -0.00829. The number of aliphatic hydroxyl groups is 1. The summed E-state index contributed by atoms with van der Waals surface area (Å²) in [6, 6.07) is 16.1. The van der Waals surface area contributed by atoms with E-state index < -0.39 is 24.3 Å². The van der Waals surface area contributed by atoms with Gasteiger partial charge in [0.1, 0.15) is 0 Å². The summed E-state index contributed by atoms with van der Waals surface area (Å²) >= 11 is 0. The maximum Gasteiger partial charge on any atom is 0.408 e. The highest BCUT2D eigenvalue weighted by Crippen LogP contribution is 2.39. The minimum atomic E-state index is -1.16. The van der Waals surface area contributed by atoms with Gasteiger partial charge in [0.15, 0.2) is 0 Å². The van der Waals surface area contributed by atoms with Gasteiger partial charge in [-0.15, -0.1) is 0 Å². The lowest BCUT2D eigenvalue weighted by Gasteiger charge is -2.49. The van der Waals surface area contributed by atoms with E-state index in [0.717, 1.165) is 28.7 Å². The molecule has 0 spiro atoms. The Morgan fingerprint density at radius 1 is 0.919 bits per heavy atom. The van der Waals surface area contributed by atoms with Crippen LogP contribution in [0.2, 0.25) is 0 Å². The van der Waals surface area contributed by atoms with E-state index in [1.807, 2.05) is 54.6 Å². The van der Waals surface area contributed by atoms with E-state index in [0.29, 0.717) is 25.0 Å². The summed E-state index contributed by atoms with van der Waals surface area (Å²) in [6.45, 7) is 0.506. The molecule has 2 atom stereocenters. The zero-order valence-electron chi connectivity index (χ0n) is 20.9. The minimum absolute atomic E-state index is 0.0571.